The smallest absolute Gasteiger partial charge is 0.258 e. The summed E-state index contributed by atoms with van der Waals surface area (Å²) in [5, 5.41) is 13.7. The molecule has 2 aromatic rings. The molecule has 1 heterocycles. The minimum atomic E-state index is -0.257. The third-order valence-electron chi connectivity index (χ3n) is 2.99. The average molecular weight is 311 g/mol. The molecule has 1 atom stereocenters. The lowest BCUT2D eigenvalue weighted by atomic mass is 9.88. The predicted octanol–water partition coefficient (Wildman–Crippen LogP) is 4.22. The Labute approximate surface area is 128 Å². The molecule has 0 aliphatic carbocycles. The van der Waals surface area contributed by atoms with Crippen molar-refractivity contribution in [2.45, 2.75) is 33.8 Å². The fourth-order valence-electron chi connectivity index (χ4n) is 1.98. The van der Waals surface area contributed by atoms with Crippen LogP contribution in [0.3, 0.4) is 0 Å². The maximum Gasteiger partial charge on any atom is 0.258 e. The predicted molar refractivity (Wildman–Crippen MR) is 80.2 cm³/mol. The van der Waals surface area contributed by atoms with E-state index in [1.54, 1.807) is 12.1 Å². The number of phenols is 1. The van der Waals surface area contributed by atoms with Crippen molar-refractivity contribution < 1.29 is 14.4 Å². The lowest BCUT2D eigenvalue weighted by molar-refractivity contribution is -0.0203. The van der Waals surface area contributed by atoms with Gasteiger partial charge in [0.25, 0.3) is 5.89 Å². The number of halogens is 1. The van der Waals surface area contributed by atoms with E-state index in [4.69, 9.17) is 20.9 Å². The van der Waals surface area contributed by atoms with Crippen molar-refractivity contribution in [2.24, 2.45) is 5.41 Å². The molecule has 21 heavy (non-hydrogen) atoms. The topological polar surface area (TPSA) is 68.4 Å². The lowest BCUT2D eigenvalue weighted by Gasteiger charge is -2.27. The number of phenolic OH excluding ortho intramolecular Hbond substituents is 1. The van der Waals surface area contributed by atoms with Gasteiger partial charge in [0.15, 0.2) is 0 Å². The van der Waals surface area contributed by atoms with Gasteiger partial charge in [-0.3, -0.25) is 0 Å². The van der Waals surface area contributed by atoms with Crippen LogP contribution in [0.4, 0.5) is 0 Å². The molecular formula is C15H19ClN2O3. The first kappa shape index (κ1) is 15.8. The number of ether oxygens (including phenoxy) is 1. The zero-order chi connectivity index (χ0) is 15.6. The molecule has 0 saturated carbocycles. The zero-order valence-electron chi connectivity index (χ0n) is 12.6. The minimum absolute atomic E-state index is 0.0158. The van der Waals surface area contributed by atoms with Crippen molar-refractivity contribution in [3.8, 4) is 17.2 Å². The highest BCUT2D eigenvalue weighted by Gasteiger charge is 2.31. The van der Waals surface area contributed by atoms with Crippen molar-refractivity contribution in [3.05, 3.63) is 29.0 Å². The van der Waals surface area contributed by atoms with Gasteiger partial charge in [0.2, 0.25) is 5.82 Å². The molecule has 6 heteroatoms. The van der Waals surface area contributed by atoms with E-state index in [0.717, 1.165) is 0 Å². The Hall–Kier alpha value is -1.59. The van der Waals surface area contributed by atoms with Crippen LogP contribution in [0.25, 0.3) is 11.5 Å². The van der Waals surface area contributed by atoms with E-state index in [0.29, 0.717) is 23.9 Å². The number of hydrogen-bond acceptors (Lipinski definition) is 5. The quantitative estimate of drug-likeness (QED) is 0.915. The Kier molecular flexibility index (Phi) is 4.54. The summed E-state index contributed by atoms with van der Waals surface area (Å²) in [6.07, 6.45) is -0.257. The molecule has 0 fully saturated rings. The summed E-state index contributed by atoms with van der Waals surface area (Å²) < 4.78 is 11.0. The molecule has 114 valence electrons. The fourth-order valence-corrected chi connectivity index (χ4v) is 2.16. The Morgan fingerprint density at radius 3 is 2.67 bits per heavy atom. The molecule has 0 spiro atoms. The number of nitrogens with zero attached hydrogens (tertiary/aromatic N) is 2. The van der Waals surface area contributed by atoms with Crippen molar-refractivity contribution in [2.75, 3.05) is 6.61 Å². The number of aromatic nitrogens is 2. The summed E-state index contributed by atoms with van der Waals surface area (Å²) in [6, 6.07) is 4.75. The number of aromatic hydroxyl groups is 1. The molecule has 1 aromatic carbocycles. The molecule has 2 rings (SSSR count). The zero-order valence-corrected chi connectivity index (χ0v) is 13.3. The van der Waals surface area contributed by atoms with E-state index in [1.807, 2.05) is 6.92 Å². The van der Waals surface area contributed by atoms with Crippen molar-refractivity contribution in [1.82, 2.24) is 10.1 Å². The van der Waals surface area contributed by atoms with Crippen LogP contribution < -0.4 is 0 Å². The van der Waals surface area contributed by atoms with Crippen molar-refractivity contribution in [3.63, 3.8) is 0 Å². The van der Waals surface area contributed by atoms with Gasteiger partial charge in [0, 0.05) is 12.2 Å². The third kappa shape index (κ3) is 3.54. The molecule has 5 nitrogen and oxygen atoms in total. The van der Waals surface area contributed by atoms with Gasteiger partial charge in [-0.2, -0.15) is 4.98 Å². The molecule has 0 aliphatic rings. The maximum atomic E-state index is 9.44. The van der Waals surface area contributed by atoms with Gasteiger partial charge in [0.1, 0.15) is 11.9 Å². The van der Waals surface area contributed by atoms with Crippen LogP contribution >= 0.6 is 11.6 Å². The van der Waals surface area contributed by atoms with Gasteiger partial charge in [-0.25, -0.2) is 0 Å². The normalized spacial score (nSPS) is 13.4. The van der Waals surface area contributed by atoms with Gasteiger partial charge in [0.05, 0.1) is 5.02 Å². The molecule has 0 radical (unpaired) electrons. The first-order valence-corrected chi connectivity index (χ1v) is 7.14. The van der Waals surface area contributed by atoms with Gasteiger partial charge >= 0.3 is 0 Å². The second-order valence-corrected chi connectivity index (χ2v) is 6.23. The molecule has 1 aromatic heterocycles. The third-order valence-corrected chi connectivity index (χ3v) is 3.29. The molecule has 0 bridgehead atoms. The highest BCUT2D eigenvalue weighted by Crippen LogP contribution is 2.36. The summed E-state index contributed by atoms with van der Waals surface area (Å²) in [5.74, 6) is 0.867. The summed E-state index contributed by atoms with van der Waals surface area (Å²) >= 11 is 5.89. The van der Waals surface area contributed by atoms with Crippen LogP contribution in [0.5, 0.6) is 5.75 Å². The molecule has 1 N–H and O–H groups in total. The van der Waals surface area contributed by atoms with Crippen LogP contribution in [0.2, 0.25) is 5.02 Å². The Balaban J connectivity index is 2.33. The lowest BCUT2D eigenvalue weighted by Crippen LogP contribution is -2.22. The van der Waals surface area contributed by atoms with Crippen LogP contribution in [0, 0.1) is 5.41 Å². The minimum Gasteiger partial charge on any atom is -0.506 e. The molecule has 0 amide bonds. The summed E-state index contributed by atoms with van der Waals surface area (Å²) in [4.78, 5) is 4.39. The SMILES string of the molecule is CCOC(c1noc(-c2ccc(O)c(Cl)c2)n1)C(C)(C)C. The standard InChI is InChI=1S/C15H19ClN2O3/c1-5-20-12(15(2,3)4)13-17-14(21-18-13)9-6-7-11(19)10(16)8-9/h6-8,12,19H,5H2,1-4H3. The van der Waals surface area contributed by atoms with Crippen LogP contribution in [0.15, 0.2) is 22.7 Å². The first-order chi connectivity index (χ1) is 9.82. The molecule has 0 aliphatic heterocycles. The van der Waals surface area contributed by atoms with Crippen LogP contribution in [0.1, 0.15) is 39.6 Å². The Bertz CT molecular complexity index is 620. The number of rotatable bonds is 4. The molecule has 0 saturated heterocycles. The van der Waals surface area contributed by atoms with E-state index >= 15 is 0 Å². The summed E-state index contributed by atoms with van der Waals surface area (Å²) in [6.45, 7) is 8.67. The highest BCUT2D eigenvalue weighted by atomic mass is 35.5. The second kappa shape index (κ2) is 6.03. The van der Waals surface area contributed by atoms with Gasteiger partial charge in [-0.05, 0) is 30.5 Å². The van der Waals surface area contributed by atoms with Crippen LogP contribution in [-0.2, 0) is 4.74 Å². The van der Waals surface area contributed by atoms with Gasteiger partial charge in [-0.15, -0.1) is 0 Å². The largest absolute Gasteiger partial charge is 0.506 e. The van der Waals surface area contributed by atoms with E-state index in [2.05, 4.69) is 30.9 Å². The Morgan fingerprint density at radius 1 is 1.38 bits per heavy atom. The van der Waals surface area contributed by atoms with E-state index < -0.39 is 0 Å². The van der Waals surface area contributed by atoms with Crippen molar-refractivity contribution in [1.29, 1.82) is 0 Å². The fraction of sp³-hybridized carbons (Fsp3) is 0.467. The second-order valence-electron chi connectivity index (χ2n) is 5.83. The van der Waals surface area contributed by atoms with E-state index in [1.165, 1.54) is 6.07 Å². The monoisotopic (exact) mass is 310 g/mol. The average Bonchev–Trinajstić information content (AvgIpc) is 2.87. The molecular weight excluding hydrogens is 292 g/mol. The van der Waals surface area contributed by atoms with E-state index in [-0.39, 0.29) is 22.3 Å². The van der Waals surface area contributed by atoms with Gasteiger partial charge in [-0.1, -0.05) is 37.5 Å². The highest BCUT2D eigenvalue weighted by molar-refractivity contribution is 6.32. The summed E-state index contributed by atoms with van der Waals surface area (Å²) in [5.41, 5.74) is 0.504. The van der Waals surface area contributed by atoms with E-state index in [9.17, 15) is 5.11 Å². The first-order valence-electron chi connectivity index (χ1n) is 6.77. The maximum absolute atomic E-state index is 9.44. The number of hydrogen-bond donors (Lipinski definition) is 1. The van der Waals surface area contributed by atoms with Crippen molar-refractivity contribution >= 4 is 11.6 Å². The Morgan fingerprint density at radius 2 is 2.10 bits per heavy atom. The van der Waals surface area contributed by atoms with Crippen LogP contribution in [-0.4, -0.2) is 21.9 Å². The summed E-state index contributed by atoms with van der Waals surface area (Å²) in [7, 11) is 0. The van der Waals surface area contributed by atoms with Gasteiger partial charge < -0.3 is 14.4 Å². The molecule has 1 unspecified atom stereocenters. The number of benzene rings is 1.